The Labute approximate surface area is 85.7 Å². The lowest BCUT2D eigenvalue weighted by molar-refractivity contribution is -0.117. The molecule has 0 radical (unpaired) electrons. The highest BCUT2D eigenvalue weighted by atomic mass is 16.1. The molecule has 1 fully saturated rings. The summed E-state index contributed by atoms with van der Waals surface area (Å²) in [5.74, 6) is 1.30. The van der Waals surface area contributed by atoms with Crippen molar-refractivity contribution in [2.75, 3.05) is 6.54 Å². The molecule has 0 aromatic rings. The fourth-order valence-corrected chi connectivity index (χ4v) is 1.97. The Hall–Kier alpha value is -0.830. The summed E-state index contributed by atoms with van der Waals surface area (Å²) < 4.78 is 0. The second-order valence-corrected chi connectivity index (χ2v) is 4.17. The van der Waals surface area contributed by atoms with Crippen molar-refractivity contribution in [2.45, 2.75) is 32.7 Å². The van der Waals surface area contributed by atoms with E-state index in [9.17, 15) is 4.79 Å². The molecule has 1 aliphatic carbocycles. The molecule has 1 saturated carbocycles. The summed E-state index contributed by atoms with van der Waals surface area (Å²) in [6.07, 6.45) is 5.52. The molecular weight excluding hydrogens is 176 g/mol. The van der Waals surface area contributed by atoms with Crippen LogP contribution in [0.1, 0.15) is 26.7 Å². The first-order valence-electron chi connectivity index (χ1n) is 5.32. The molecule has 0 spiro atoms. The summed E-state index contributed by atoms with van der Waals surface area (Å²) in [5.41, 5.74) is 5.27. The topological polar surface area (TPSA) is 55.1 Å². The number of nitrogens with one attached hydrogen (secondary N) is 1. The smallest absolute Gasteiger partial charge is 0.243 e. The molecule has 14 heavy (non-hydrogen) atoms. The number of hydrogen-bond donors (Lipinski definition) is 2. The Morgan fingerprint density at radius 1 is 1.50 bits per heavy atom. The minimum atomic E-state index is -0.0126. The lowest BCUT2D eigenvalue weighted by Crippen LogP contribution is -2.36. The van der Waals surface area contributed by atoms with Gasteiger partial charge in [-0.05, 0) is 24.7 Å². The third-order valence-corrected chi connectivity index (χ3v) is 3.20. The molecule has 1 aliphatic rings. The van der Waals surface area contributed by atoms with Gasteiger partial charge in [-0.15, -0.1) is 0 Å². The van der Waals surface area contributed by atoms with Crippen molar-refractivity contribution in [1.29, 1.82) is 0 Å². The van der Waals surface area contributed by atoms with Crippen LogP contribution in [-0.4, -0.2) is 18.5 Å². The first-order chi connectivity index (χ1) is 6.65. The highest BCUT2D eigenvalue weighted by Crippen LogP contribution is 2.30. The van der Waals surface area contributed by atoms with E-state index >= 15 is 0 Å². The van der Waals surface area contributed by atoms with Gasteiger partial charge in [0.2, 0.25) is 5.91 Å². The van der Waals surface area contributed by atoms with Crippen molar-refractivity contribution in [3.63, 3.8) is 0 Å². The molecule has 3 nitrogen and oxygen atoms in total. The Kier molecular flexibility index (Phi) is 4.14. The predicted molar refractivity (Wildman–Crippen MR) is 57.7 cm³/mol. The summed E-state index contributed by atoms with van der Waals surface area (Å²) in [7, 11) is 0. The van der Waals surface area contributed by atoms with E-state index in [1.54, 1.807) is 6.08 Å². The lowest BCUT2D eigenvalue weighted by Gasteiger charge is -2.18. The van der Waals surface area contributed by atoms with E-state index in [-0.39, 0.29) is 5.91 Å². The van der Waals surface area contributed by atoms with E-state index in [0.29, 0.717) is 18.5 Å². The normalized spacial score (nSPS) is 32.4. The Morgan fingerprint density at radius 3 is 2.71 bits per heavy atom. The first-order valence-corrected chi connectivity index (χ1v) is 5.32. The molecule has 80 valence electrons. The van der Waals surface area contributed by atoms with Gasteiger partial charge < -0.3 is 11.1 Å². The minimum Gasteiger partial charge on any atom is -0.350 e. The van der Waals surface area contributed by atoms with E-state index in [0.717, 1.165) is 12.3 Å². The van der Waals surface area contributed by atoms with E-state index in [4.69, 9.17) is 5.73 Å². The highest BCUT2D eigenvalue weighted by molar-refractivity contribution is 5.87. The average molecular weight is 196 g/mol. The number of hydrogen-bond acceptors (Lipinski definition) is 2. The molecule has 0 aromatic carbocycles. The molecule has 0 heterocycles. The molecule has 0 aromatic heterocycles. The van der Waals surface area contributed by atoms with Crippen molar-refractivity contribution >= 4 is 5.91 Å². The van der Waals surface area contributed by atoms with Gasteiger partial charge in [0.05, 0.1) is 0 Å². The second-order valence-electron chi connectivity index (χ2n) is 4.17. The van der Waals surface area contributed by atoms with Crippen molar-refractivity contribution < 1.29 is 4.79 Å². The Morgan fingerprint density at radius 2 is 2.21 bits per heavy atom. The van der Waals surface area contributed by atoms with E-state index < -0.39 is 0 Å². The van der Waals surface area contributed by atoms with Crippen LogP contribution < -0.4 is 11.1 Å². The maximum absolute atomic E-state index is 11.4. The quantitative estimate of drug-likeness (QED) is 0.663. The SMILES string of the molecule is CC1CCC(NC(=O)/C=C/CN)C1C. The van der Waals surface area contributed by atoms with Gasteiger partial charge in [0.15, 0.2) is 0 Å². The zero-order valence-electron chi connectivity index (χ0n) is 8.99. The second kappa shape index (κ2) is 5.15. The first kappa shape index (κ1) is 11.2. The maximum Gasteiger partial charge on any atom is 0.243 e. The van der Waals surface area contributed by atoms with Gasteiger partial charge in [-0.3, -0.25) is 4.79 Å². The molecule has 3 N–H and O–H groups in total. The fraction of sp³-hybridized carbons (Fsp3) is 0.727. The largest absolute Gasteiger partial charge is 0.350 e. The number of nitrogens with two attached hydrogens (primary N) is 1. The molecule has 0 bridgehead atoms. The minimum absolute atomic E-state index is 0.0126. The van der Waals surface area contributed by atoms with Crippen LogP contribution in [0, 0.1) is 11.8 Å². The predicted octanol–water partition coefficient (Wildman–Crippen LogP) is 1.05. The average Bonchev–Trinajstić information content (AvgIpc) is 2.46. The van der Waals surface area contributed by atoms with Gasteiger partial charge in [-0.25, -0.2) is 0 Å². The highest BCUT2D eigenvalue weighted by Gasteiger charge is 2.30. The van der Waals surface area contributed by atoms with Crippen molar-refractivity contribution in [3.05, 3.63) is 12.2 Å². The molecule has 0 aliphatic heterocycles. The van der Waals surface area contributed by atoms with Crippen molar-refractivity contribution in [3.8, 4) is 0 Å². The van der Waals surface area contributed by atoms with Crippen molar-refractivity contribution in [2.24, 2.45) is 17.6 Å². The summed E-state index contributed by atoms with van der Waals surface area (Å²) >= 11 is 0. The molecule has 1 amide bonds. The van der Waals surface area contributed by atoms with Crippen molar-refractivity contribution in [1.82, 2.24) is 5.32 Å². The van der Waals surface area contributed by atoms with Crippen LogP contribution in [0.15, 0.2) is 12.2 Å². The zero-order valence-corrected chi connectivity index (χ0v) is 8.99. The summed E-state index contributed by atoms with van der Waals surface area (Å²) in [6, 6.07) is 0.347. The van der Waals surface area contributed by atoms with Gasteiger partial charge in [-0.1, -0.05) is 19.9 Å². The lowest BCUT2D eigenvalue weighted by atomic mass is 9.98. The van der Waals surface area contributed by atoms with E-state index in [1.165, 1.54) is 12.5 Å². The molecule has 3 atom stereocenters. The van der Waals surface area contributed by atoms with Crippen LogP contribution >= 0.6 is 0 Å². The van der Waals surface area contributed by atoms with E-state index in [2.05, 4.69) is 19.2 Å². The molecule has 1 rings (SSSR count). The van der Waals surface area contributed by atoms with Gasteiger partial charge >= 0.3 is 0 Å². The molecular formula is C11H20N2O. The van der Waals surface area contributed by atoms with Crippen LogP contribution in [-0.2, 0) is 4.79 Å². The summed E-state index contributed by atoms with van der Waals surface area (Å²) in [4.78, 5) is 11.4. The van der Waals surface area contributed by atoms with E-state index in [1.807, 2.05) is 0 Å². The van der Waals surface area contributed by atoms with Gasteiger partial charge in [-0.2, -0.15) is 0 Å². The monoisotopic (exact) mass is 196 g/mol. The Balaban J connectivity index is 2.37. The van der Waals surface area contributed by atoms with Gasteiger partial charge in [0.1, 0.15) is 0 Å². The van der Waals surface area contributed by atoms with Crippen LogP contribution in [0.25, 0.3) is 0 Å². The van der Waals surface area contributed by atoms with Crippen LogP contribution in [0.2, 0.25) is 0 Å². The van der Waals surface area contributed by atoms with Gasteiger partial charge in [0.25, 0.3) is 0 Å². The Bertz CT molecular complexity index is 225. The maximum atomic E-state index is 11.4. The molecule has 0 saturated heterocycles. The third-order valence-electron chi connectivity index (χ3n) is 3.20. The standard InChI is InChI=1S/C11H20N2O/c1-8-5-6-10(9(8)2)13-11(14)4-3-7-12/h3-4,8-10H,5-7,12H2,1-2H3,(H,13,14)/b4-3+. The summed E-state index contributed by atoms with van der Waals surface area (Å²) in [6.45, 7) is 4.87. The number of carbonyl (C=O) groups excluding carboxylic acids is 1. The molecule has 3 unspecified atom stereocenters. The number of rotatable bonds is 3. The van der Waals surface area contributed by atoms with Gasteiger partial charge in [0, 0.05) is 18.7 Å². The third kappa shape index (κ3) is 2.84. The number of amides is 1. The number of carbonyl (C=O) groups is 1. The van der Waals surface area contributed by atoms with Crippen LogP contribution in [0.3, 0.4) is 0 Å². The molecule has 3 heteroatoms. The summed E-state index contributed by atoms with van der Waals surface area (Å²) in [5, 5.41) is 3.01. The van der Waals surface area contributed by atoms with Crippen LogP contribution in [0.5, 0.6) is 0 Å². The fourth-order valence-electron chi connectivity index (χ4n) is 1.97. The van der Waals surface area contributed by atoms with Crippen LogP contribution in [0.4, 0.5) is 0 Å². The zero-order chi connectivity index (χ0) is 10.6.